The van der Waals surface area contributed by atoms with Gasteiger partial charge in [-0.2, -0.15) is 0 Å². The molecule has 2 N–H and O–H groups in total. The highest BCUT2D eigenvalue weighted by atomic mass is 32.1. The minimum Gasteiger partial charge on any atom is -0.384 e. The maximum absolute atomic E-state index is 5.69. The van der Waals surface area contributed by atoms with E-state index >= 15 is 0 Å². The number of aromatic nitrogens is 1. The van der Waals surface area contributed by atoms with Gasteiger partial charge in [0.1, 0.15) is 0 Å². The second-order valence-corrected chi connectivity index (χ2v) is 5.66. The van der Waals surface area contributed by atoms with Crippen LogP contribution in [0.1, 0.15) is 23.4 Å². The van der Waals surface area contributed by atoms with Crippen molar-refractivity contribution in [1.82, 2.24) is 4.98 Å². The molecular formula is C12H21N3OS. The zero-order valence-electron chi connectivity index (χ0n) is 10.6. The van der Waals surface area contributed by atoms with E-state index in [-0.39, 0.29) is 0 Å². The number of ether oxygens (including phenoxy) is 1. The Bertz CT molecular complexity index is 359. The molecule has 0 saturated carbocycles. The van der Waals surface area contributed by atoms with Crippen LogP contribution in [-0.2, 0) is 11.3 Å². The Morgan fingerprint density at radius 2 is 2.18 bits per heavy atom. The van der Waals surface area contributed by atoms with Crippen LogP contribution in [-0.4, -0.2) is 31.8 Å². The van der Waals surface area contributed by atoms with Gasteiger partial charge in [0, 0.05) is 38.2 Å². The number of hydrogen-bond donors (Lipinski definition) is 1. The molecule has 0 amide bonds. The summed E-state index contributed by atoms with van der Waals surface area (Å²) in [4.78, 5) is 8.19. The number of anilines is 1. The van der Waals surface area contributed by atoms with Crippen LogP contribution in [0.15, 0.2) is 0 Å². The molecule has 5 heteroatoms. The molecule has 1 aliphatic rings. The molecule has 0 aromatic carbocycles. The summed E-state index contributed by atoms with van der Waals surface area (Å²) in [6.07, 6.45) is 2.40. The van der Waals surface area contributed by atoms with Crippen molar-refractivity contribution in [3.63, 3.8) is 0 Å². The largest absolute Gasteiger partial charge is 0.384 e. The van der Waals surface area contributed by atoms with Crippen LogP contribution in [0.5, 0.6) is 0 Å². The first-order valence-electron chi connectivity index (χ1n) is 6.14. The number of hydrogen-bond acceptors (Lipinski definition) is 5. The van der Waals surface area contributed by atoms with Crippen molar-refractivity contribution < 1.29 is 4.74 Å². The summed E-state index contributed by atoms with van der Waals surface area (Å²) in [5.74, 6) is 0.714. The second kappa shape index (κ2) is 5.80. The maximum Gasteiger partial charge on any atom is 0.185 e. The summed E-state index contributed by atoms with van der Waals surface area (Å²) in [6, 6.07) is 0. The highest BCUT2D eigenvalue weighted by Gasteiger charge is 2.21. The Hall–Kier alpha value is -0.650. The van der Waals surface area contributed by atoms with Gasteiger partial charge >= 0.3 is 0 Å². The quantitative estimate of drug-likeness (QED) is 0.891. The summed E-state index contributed by atoms with van der Waals surface area (Å²) >= 11 is 1.74. The SMILES string of the molecule is COCC1CCN(c2nc(C)c(CN)s2)CC1. The Balaban J connectivity index is 1.95. The molecule has 1 aromatic heterocycles. The molecule has 0 spiro atoms. The second-order valence-electron chi connectivity index (χ2n) is 4.59. The normalized spacial score (nSPS) is 17.7. The number of aryl methyl sites for hydroxylation is 1. The van der Waals surface area contributed by atoms with Gasteiger partial charge in [-0.25, -0.2) is 4.98 Å². The molecule has 1 aliphatic heterocycles. The van der Waals surface area contributed by atoms with Gasteiger partial charge in [-0.15, -0.1) is 11.3 Å². The lowest BCUT2D eigenvalue weighted by molar-refractivity contribution is 0.139. The van der Waals surface area contributed by atoms with Gasteiger partial charge in [0.25, 0.3) is 0 Å². The lowest BCUT2D eigenvalue weighted by Crippen LogP contribution is -2.34. The average molecular weight is 255 g/mol. The predicted octanol–water partition coefficient (Wildman–Crippen LogP) is 1.77. The molecule has 2 heterocycles. The molecule has 4 nitrogen and oxygen atoms in total. The minimum atomic E-state index is 0.601. The third kappa shape index (κ3) is 2.97. The fourth-order valence-corrected chi connectivity index (χ4v) is 3.26. The van der Waals surface area contributed by atoms with Crippen LogP contribution in [0.25, 0.3) is 0 Å². The van der Waals surface area contributed by atoms with Crippen molar-refractivity contribution in [1.29, 1.82) is 0 Å². The predicted molar refractivity (Wildman–Crippen MR) is 71.6 cm³/mol. The van der Waals surface area contributed by atoms with E-state index in [9.17, 15) is 0 Å². The number of thiazole rings is 1. The number of nitrogens with zero attached hydrogens (tertiary/aromatic N) is 2. The van der Waals surface area contributed by atoms with Crippen molar-refractivity contribution in [2.45, 2.75) is 26.3 Å². The molecule has 0 unspecified atom stereocenters. The molecule has 17 heavy (non-hydrogen) atoms. The zero-order chi connectivity index (χ0) is 12.3. The van der Waals surface area contributed by atoms with Crippen LogP contribution in [0.2, 0.25) is 0 Å². The van der Waals surface area contributed by atoms with E-state index < -0.39 is 0 Å². The van der Waals surface area contributed by atoms with E-state index in [0.717, 1.165) is 30.5 Å². The lowest BCUT2D eigenvalue weighted by atomic mass is 9.98. The third-order valence-corrected chi connectivity index (χ3v) is 4.59. The van der Waals surface area contributed by atoms with Gasteiger partial charge in [0.15, 0.2) is 5.13 Å². The summed E-state index contributed by atoms with van der Waals surface area (Å²) in [7, 11) is 1.78. The zero-order valence-corrected chi connectivity index (χ0v) is 11.4. The number of rotatable bonds is 4. The summed E-state index contributed by atoms with van der Waals surface area (Å²) < 4.78 is 5.21. The van der Waals surface area contributed by atoms with E-state index in [1.54, 1.807) is 18.4 Å². The minimum absolute atomic E-state index is 0.601. The molecule has 1 aromatic rings. The Kier molecular flexibility index (Phi) is 4.36. The number of piperidine rings is 1. The van der Waals surface area contributed by atoms with Crippen LogP contribution in [0.3, 0.4) is 0 Å². The Morgan fingerprint density at radius 1 is 1.47 bits per heavy atom. The van der Waals surface area contributed by atoms with E-state index in [1.807, 2.05) is 6.92 Å². The molecule has 0 radical (unpaired) electrons. The van der Waals surface area contributed by atoms with Crippen molar-refractivity contribution >= 4 is 16.5 Å². The smallest absolute Gasteiger partial charge is 0.185 e. The van der Waals surface area contributed by atoms with Gasteiger partial charge < -0.3 is 15.4 Å². The summed E-state index contributed by atoms with van der Waals surface area (Å²) in [5.41, 5.74) is 6.78. The monoisotopic (exact) mass is 255 g/mol. The van der Waals surface area contributed by atoms with Crippen molar-refractivity contribution in [3.8, 4) is 0 Å². The Morgan fingerprint density at radius 3 is 2.71 bits per heavy atom. The first-order chi connectivity index (χ1) is 8.24. The van der Waals surface area contributed by atoms with E-state index in [4.69, 9.17) is 10.5 Å². The molecular weight excluding hydrogens is 234 g/mol. The molecule has 0 atom stereocenters. The van der Waals surface area contributed by atoms with Crippen LogP contribution in [0.4, 0.5) is 5.13 Å². The topological polar surface area (TPSA) is 51.4 Å². The molecule has 0 aliphatic carbocycles. The van der Waals surface area contributed by atoms with Crippen molar-refractivity contribution in [2.75, 3.05) is 31.7 Å². The van der Waals surface area contributed by atoms with Gasteiger partial charge in [0.2, 0.25) is 0 Å². The fourth-order valence-electron chi connectivity index (χ4n) is 2.26. The lowest BCUT2D eigenvalue weighted by Gasteiger charge is -2.31. The summed E-state index contributed by atoms with van der Waals surface area (Å²) in [5, 5.41) is 1.14. The van der Waals surface area contributed by atoms with Crippen LogP contribution in [0, 0.1) is 12.8 Å². The van der Waals surface area contributed by atoms with Gasteiger partial charge in [-0.3, -0.25) is 0 Å². The van der Waals surface area contributed by atoms with Crippen LogP contribution >= 0.6 is 11.3 Å². The Labute approximate surface area is 107 Å². The molecule has 0 bridgehead atoms. The first kappa shape index (κ1) is 12.8. The average Bonchev–Trinajstić information content (AvgIpc) is 2.72. The van der Waals surface area contributed by atoms with Gasteiger partial charge in [-0.05, 0) is 25.7 Å². The fraction of sp³-hybridized carbons (Fsp3) is 0.750. The molecule has 1 fully saturated rings. The van der Waals surface area contributed by atoms with E-state index in [1.165, 1.54) is 17.7 Å². The highest BCUT2D eigenvalue weighted by molar-refractivity contribution is 7.15. The highest BCUT2D eigenvalue weighted by Crippen LogP contribution is 2.29. The maximum atomic E-state index is 5.69. The van der Waals surface area contributed by atoms with Crippen LogP contribution < -0.4 is 10.6 Å². The number of methoxy groups -OCH3 is 1. The first-order valence-corrected chi connectivity index (χ1v) is 6.96. The van der Waals surface area contributed by atoms with Crippen molar-refractivity contribution in [2.24, 2.45) is 11.7 Å². The standard InChI is InChI=1S/C12H21N3OS/c1-9-11(7-13)17-12(14-9)15-5-3-10(4-6-15)8-16-2/h10H,3-8,13H2,1-2H3. The molecule has 96 valence electrons. The van der Waals surface area contributed by atoms with Gasteiger partial charge in [-0.1, -0.05) is 0 Å². The van der Waals surface area contributed by atoms with Gasteiger partial charge in [0.05, 0.1) is 5.69 Å². The molecule has 2 rings (SSSR count). The third-order valence-electron chi connectivity index (χ3n) is 3.35. The summed E-state index contributed by atoms with van der Waals surface area (Å²) in [6.45, 7) is 5.71. The number of nitrogens with two attached hydrogens (primary N) is 1. The van der Waals surface area contributed by atoms with E-state index in [2.05, 4.69) is 9.88 Å². The van der Waals surface area contributed by atoms with E-state index in [0.29, 0.717) is 12.5 Å². The molecule has 1 saturated heterocycles. The van der Waals surface area contributed by atoms with Crippen molar-refractivity contribution in [3.05, 3.63) is 10.6 Å².